The first-order valence-electron chi connectivity index (χ1n) is 11.0. The summed E-state index contributed by atoms with van der Waals surface area (Å²) in [5, 5.41) is 11.0. The third kappa shape index (κ3) is 5.05. The molecular weight excluding hydrogens is 507 g/mol. The van der Waals surface area contributed by atoms with Crippen LogP contribution in [-0.2, 0) is 0 Å². The zero-order chi connectivity index (χ0) is 26.2. The molecule has 3 aromatic rings. The van der Waals surface area contributed by atoms with Crippen LogP contribution in [-0.4, -0.2) is 42.5 Å². The van der Waals surface area contributed by atoms with Crippen LogP contribution in [0.15, 0.2) is 48.7 Å². The Morgan fingerprint density at radius 2 is 1.94 bits per heavy atom. The summed E-state index contributed by atoms with van der Waals surface area (Å²) in [5.41, 5.74) is 4.02. The van der Waals surface area contributed by atoms with Crippen LogP contribution in [0.25, 0.3) is 11.1 Å². The number of amides is 2. The molecule has 4 rings (SSSR count). The summed E-state index contributed by atoms with van der Waals surface area (Å²) in [6.45, 7) is 0. The number of rotatable bonds is 7. The summed E-state index contributed by atoms with van der Waals surface area (Å²) in [5.74, 6) is -2.69. The minimum atomic E-state index is -2.05. The number of nitrogens with zero attached hydrogens (tertiary/aromatic N) is 2. The molecule has 36 heavy (non-hydrogen) atoms. The van der Waals surface area contributed by atoms with E-state index < -0.39 is 23.3 Å². The minimum Gasteiger partial charge on any atom is -0.468 e. The maximum absolute atomic E-state index is 14.4. The van der Waals surface area contributed by atoms with E-state index in [-0.39, 0.29) is 33.6 Å². The number of anilines is 1. The zero-order valence-electron chi connectivity index (χ0n) is 19.2. The lowest BCUT2D eigenvalue weighted by atomic mass is 9.70. The molecular formula is C25H21BCl2FN3O4. The van der Waals surface area contributed by atoms with Crippen LogP contribution in [0.5, 0.6) is 5.75 Å². The van der Waals surface area contributed by atoms with Crippen molar-refractivity contribution in [2.24, 2.45) is 11.7 Å². The van der Waals surface area contributed by atoms with Crippen molar-refractivity contribution in [3.05, 3.63) is 75.7 Å². The molecule has 3 N–H and O–H groups in total. The number of ether oxygens (including phenoxy) is 1. The van der Waals surface area contributed by atoms with Crippen molar-refractivity contribution >= 4 is 48.7 Å². The second-order valence-electron chi connectivity index (χ2n) is 8.55. The monoisotopic (exact) mass is 527 g/mol. The Morgan fingerprint density at radius 3 is 2.56 bits per heavy atom. The molecule has 1 fully saturated rings. The fraction of sp³-hybridized carbons (Fsp3) is 0.240. The molecule has 2 aromatic carbocycles. The lowest BCUT2D eigenvalue weighted by molar-refractivity contribution is -0.127. The van der Waals surface area contributed by atoms with Crippen molar-refractivity contribution in [3.63, 3.8) is 0 Å². The average Bonchev–Trinajstić information content (AvgIpc) is 2.76. The number of aliphatic hydroxyl groups is 1. The predicted octanol–water partition coefficient (Wildman–Crippen LogP) is 4.56. The van der Waals surface area contributed by atoms with Crippen molar-refractivity contribution in [1.82, 2.24) is 4.98 Å². The van der Waals surface area contributed by atoms with Crippen LogP contribution in [0.4, 0.5) is 10.2 Å². The molecule has 1 aliphatic rings. The van der Waals surface area contributed by atoms with Gasteiger partial charge in [0.2, 0.25) is 5.91 Å². The molecule has 11 heteroatoms. The van der Waals surface area contributed by atoms with Gasteiger partial charge in [-0.3, -0.25) is 14.5 Å². The van der Waals surface area contributed by atoms with Crippen LogP contribution in [0.3, 0.4) is 0 Å². The highest BCUT2D eigenvalue weighted by Crippen LogP contribution is 2.40. The summed E-state index contributed by atoms with van der Waals surface area (Å²) in [7, 11) is 7.44. The van der Waals surface area contributed by atoms with Gasteiger partial charge in [0, 0.05) is 40.9 Å². The Morgan fingerprint density at radius 1 is 1.22 bits per heavy atom. The lowest BCUT2D eigenvalue weighted by Gasteiger charge is -2.40. The zero-order valence-corrected chi connectivity index (χ0v) is 20.7. The first-order chi connectivity index (χ1) is 17.0. The number of carbonyl (C=O) groups excluding carboxylic acids is 2. The second-order valence-corrected chi connectivity index (χ2v) is 9.36. The molecule has 7 nitrogen and oxygen atoms in total. The van der Waals surface area contributed by atoms with Gasteiger partial charge < -0.3 is 15.6 Å². The summed E-state index contributed by atoms with van der Waals surface area (Å²) in [6, 6.07) is 9.83. The first-order valence-corrected chi connectivity index (χ1v) is 11.8. The third-order valence-corrected chi connectivity index (χ3v) is 6.80. The smallest absolute Gasteiger partial charge is 0.263 e. The largest absolute Gasteiger partial charge is 0.468 e. The molecule has 0 saturated heterocycles. The molecule has 1 saturated carbocycles. The number of nitrogens with two attached hydrogens (primary N) is 1. The minimum absolute atomic E-state index is 0.0477. The molecule has 2 radical (unpaired) electrons. The van der Waals surface area contributed by atoms with E-state index >= 15 is 0 Å². The van der Waals surface area contributed by atoms with Crippen molar-refractivity contribution in [2.75, 3.05) is 11.9 Å². The number of carbonyl (C=O) groups is 2. The maximum atomic E-state index is 14.4. The Kier molecular flexibility index (Phi) is 7.27. The van der Waals surface area contributed by atoms with Gasteiger partial charge in [-0.2, -0.15) is 0 Å². The quantitative estimate of drug-likeness (QED) is 0.346. The summed E-state index contributed by atoms with van der Waals surface area (Å²) in [6.07, 6.45) is 3.58. The number of benzene rings is 2. The number of pyridine rings is 1. The fourth-order valence-corrected chi connectivity index (χ4v) is 4.33. The SMILES string of the molecule is [B]C(O)(Oc1cc(-c2cc(C(N)=O)ccc2Cl)cnc1N(C)C(=O)c1c(F)cccc1Cl)C1CCC1. The summed E-state index contributed by atoms with van der Waals surface area (Å²) < 4.78 is 20.2. The number of hydrogen-bond donors (Lipinski definition) is 2. The number of aromatic nitrogens is 1. The number of primary amides is 1. The van der Waals surface area contributed by atoms with Crippen LogP contribution < -0.4 is 15.4 Å². The second kappa shape index (κ2) is 10.1. The molecule has 0 aliphatic heterocycles. The molecule has 1 aromatic heterocycles. The molecule has 2 amide bonds. The van der Waals surface area contributed by atoms with Crippen LogP contribution in [0.1, 0.15) is 40.0 Å². The van der Waals surface area contributed by atoms with Crippen molar-refractivity contribution in [3.8, 4) is 16.9 Å². The topological polar surface area (TPSA) is 106 Å². The van der Waals surface area contributed by atoms with E-state index in [0.29, 0.717) is 29.0 Å². The normalized spacial score (nSPS) is 15.0. The summed E-state index contributed by atoms with van der Waals surface area (Å²) in [4.78, 5) is 30.2. The third-order valence-electron chi connectivity index (χ3n) is 6.16. The Balaban J connectivity index is 1.81. The molecule has 1 atom stereocenters. The molecule has 1 unspecified atom stereocenters. The van der Waals surface area contributed by atoms with Gasteiger partial charge in [0.25, 0.3) is 5.91 Å². The highest BCUT2D eigenvalue weighted by molar-refractivity contribution is 6.34. The van der Waals surface area contributed by atoms with E-state index in [4.69, 9.17) is 41.5 Å². The number of hydrogen-bond acceptors (Lipinski definition) is 5. The van der Waals surface area contributed by atoms with Gasteiger partial charge in [-0.05, 0) is 49.2 Å². The highest BCUT2D eigenvalue weighted by Gasteiger charge is 2.38. The molecule has 1 heterocycles. The van der Waals surface area contributed by atoms with E-state index in [1.165, 1.54) is 49.6 Å². The van der Waals surface area contributed by atoms with E-state index in [2.05, 4.69) is 4.98 Å². The van der Waals surface area contributed by atoms with Crippen LogP contribution >= 0.6 is 23.2 Å². The molecule has 0 spiro atoms. The van der Waals surface area contributed by atoms with Crippen molar-refractivity contribution in [1.29, 1.82) is 0 Å². The van der Waals surface area contributed by atoms with E-state index in [1.807, 2.05) is 0 Å². The van der Waals surface area contributed by atoms with E-state index in [9.17, 15) is 19.1 Å². The van der Waals surface area contributed by atoms with Gasteiger partial charge in [0.05, 0.1) is 10.6 Å². The molecule has 1 aliphatic carbocycles. The van der Waals surface area contributed by atoms with Gasteiger partial charge in [0.15, 0.2) is 25.1 Å². The van der Waals surface area contributed by atoms with Crippen molar-refractivity contribution in [2.45, 2.75) is 24.9 Å². The maximum Gasteiger partial charge on any atom is 0.263 e. The molecule has 0 bridgehead atoms. The van der Waals surface area contributed by atoms with E-state index in [1.54, 1.807) is 0 Å². The van der Waals surface area contributed by atoms with Gasteiger partial charge in [-0.1, -0.05) is 35.7 Å². The first kappa shape index (κ1) is 25.9. The van der Waals surface area contributed by atoms with Gasteiger partial charge in [-0.15, -0.1) is 0 Å². The van der Waals surface area contributed by atoms with Crippen LogP contribution in [0.2, 0.25) is 10.0 Å². The predicted molar refractivity (Wildman–Crippen MR) is 136 cm³/mol. The van der Waals surface area contributed by atoms with Crippen molar-refractivity contribution < 1.29 is 23.8 Å². The van der Waals surface area contributed by atoms with Crippen LogP contribution in [0, 0.1) is 11.7 Å². The Labute approximate surface area is 218 Å². The highest BCUT2D eigenvalue weighted by atomic mass is 35.5. The fourth-order valence-electron chi connectivity index (χ4n) is 3.86. The standard InChI is InChI=1S/C25H21BCl2FN3O4/c1-32(24(34)21-18(28)6-3-7-19(21)29)23-20(36-25(26,35)15-4-2-5-15)11-14(12-31-23)16-10-13(22(30)33)8-9-17(16)27/h3,6-12,15,35H,2,4-5H2,1H3,(H2,30,33). The van der Waals surface area contributed by atoms with Gasteiger partial charge in [0.1, 0.15) is 5.82 Å². The van der Waals surface area contributed by atoms with Gasteiger partial charge in [-0.25, -0.2) is 9.37 Å². The Bertz CT molecular complexity index is 1330. The number of halogens is 3. The Hall–Kier alpha value is -3.14. The molecule has 184 valence electrons. The van der Waals surface area contributed by atoms with E-state index in [0.717, 1.165) is 17.4 Å². The average molecular weight is 528 g/mol. The summed E-state index contributed by atoms with van der Waals surface area (Å²) >= 11 is 12.4. The lowest BCUT2D eigenvalue weighted by Crippen LogP contribution is -2.47. The van der Waals surface area contributed by atoms with Gasteiger partial charge >= 0.3 is 0 Å².